The normalized spacial score (nSPS) is 7.80. The average molecular weight is 177 g/mol. The molecule has 0 fully saturated rings. The molecule has 10 heavy (non-hydrogen) atoms. The third-order valence-electron chi connectivity index (χ3n) is 0.598. The number of H-pyrrole nitrogens is 2. The van der Waals surface area contributed by atoms with Crippen LogP contribution >= 0.6 is 24.4 Å². The summed E-state index contributed by atoms with van der Waals surface area (Å²) in [7, 11) is 0. The summed E-state index contributed by atoms with van der Waals surface area (Å²) in [6, 6.07) is 0. The molecule has 0 aromatic carbocycles. The van der Waals surface area contributed by atoms with Gasteiger partial charge in [0.2, 0.25) is 0 Å². The molecule has 0 saturated heterocycles. The number of rotatable bonds is 0. The molecule has 0 radical (unpaired) electrons. The first-order valence-corrected chi connectivity index (χ1v) is 3.08. The van der Waals surface area contributed by atoms with E-state index in [0.29, 0.717) is 9.54 Å². The van der Waals surface area contributed by atoms with Crippen molar-refractivity contribution in [1.29, 1.82) is 0 Å². The van der Waals surface area contributed by atoms with Crippen LogP contribution in [0.4, 0.5) is 0 Å². The zero-order chi connectivity index (χ0) is 7.98. The summed E-state index contributed by atoms with van der Waals surface area (Å²) >= 11 is 9.33. The number of hydrogen-bond donors (Lipinski definition) is 4. The molecule has 6 N–H and O–H groups in total. The van der Waals surface area contributed by atoms with Crippen LogP contribution in [-0.2, 0) is 0 Å². The van der Waals surface area contributed by atoms with E-state index in [1.807, 2.05) is 0 Å². The van der Waals surface area contributed by atoms with Gasteiger partial charge in [0.1, 0.15) is 0 Å². The van der Waals surface area contributed by atoms with Crippen molar-refractivity contribution in [2.24, 2.45) is 11.7 Å². The lowest BCUT2D eigenvalue weighted by Gasteiger charge is -1.80. The predicted molar refractivity (Wildman–Crippen MR) is 43.0 cm³/mol. The van der Waals surface area contributed by atoms with Crippen LogP contribution in [0, 0.1) is 9.54 Å². The molecule has 7 heteroatoms. The molecule has 56 valence electrons. The summed E-state index contributed by atoms with van der Waals surface area (Å²) in [5, 5.41) is 0. The summed E-state index contributed by atoms with van der Waals surface area (Å²) in [5.41, 5.74) is 0. The van der Waals surface area contributed by atoms with Crippen molar-refractivity contribution in [3.63, 3.8) is 0 Å². The Bertz CT molecular complexity index is 249. The monoisotopic (exact) mass is 177 g/mol. The van der Waals surface area contributed by atoms with E-state index in [1.54, 1.807) is 0 Å². The molecule has 0 unspecified atom stereocenters. The molecule has 0 atom stereocenters. The van der Waals surface area contributed by atoms with Crippen LogP contribution in [0.1, 0.15) is 0 Å². The van der Waals surface area contributed by atoms with Crippen LogP contribution in [0.3, 0.4) is 0 Å². The maximum Gasteiger partial charge on any atom is 0.200 e. The fraction of sp³-hybridized carbons (Fsp3) is 0. The molecule has 0 aliphatic rings. The largest absolute Gasteiger partial charge is 0.323 e. The Morgan fingerprint density at radius 2 is 2.00 bits per heavy atom. The summed E-state index contributed by atoms with van der Waals surface area (Å²) in [4.78, 5) is 8.96. The van der Waals surface area contributed by atoms with E-state index in [2.05, 4.69) is 51.1 Å². The summed E-state index contributed by atoms with van der Waals surface area (Å²) in [6.07, 6.45) is 1.46. The first-order valence-electron chi connectivity index (χ1n) is 2.26. The van der Waals surface area contributed by atoms with Gasteiger partial charge in [-0.2, -0.15) is 0 Å². The first kappa shape index (κ1) is 9.37. The second-order valence-corrected chi connectivity index (χ2v) is 1.96. The highest BCUT2D eigenvalue weighted by Crippen LogP contribution is 1.74. The van der Waals surface area contributed by atoms with Crippen molar-refractivity contribution in [1.82, 2.24) is 15.0 Å². The van der Waals surface area contributed by atoms with E-state index in [-0.39, 0.29) is 0 Å². The molecule has 1 aromatic rings. The topological polar surface area (TPSA) is 96.5 Å². The summed E-state index contributed by atoms with van der Waals surface area (Å²) < 4.78 is 0.916. The number of nitrogens with zero attached hydrogens (tertiary/aromatic N) is 1. The zero-order valence-electron chi connectivity index (χ0n) is 5.00. The van der Waals surface area contributed by atoms with Crippen LogP contribution in [0.2, 0.25) is 0 Å². The highest BCUT2D eigenvalue weighted by molar-refractivity contribution is 7.71. The molecule has 0 bridgehead atoms. The van der Waals surface area contributed by atoms with E-state index in [1.165, 1.54) is 6.33 Å². The Labute approximate surface area is 67.5 Å². The molecule has 1 heterocycles. The first-order chi connectivity index (χ1) is 4.79. The second kappa shape index (κ2) is 5.18. The molecular formula is C3H7N5S2. The van der Waals surface area contributed by atoms with Crippen LogP contribution in [0.15, 0.2) is 6.33 Å². The highest BCUT2D eigenvalue weighted by Gasteiger charge is 1.72. The van der Waals surface area contributed by atoms with Gasteiger partial charge < -0.3 is 9.97 Å². The van der Waals surface area contributed by atoms with Gasteiger partial charge in [0.25, 0.3) is 0 Å². The fourth-order valence-corrected chi connectivity index (χ4v) is 0.684. The quantitative estimate of drug-likeness (QED) is 0.254. The third kappa shape index (κ3) is 3.41. The van der Waals surface area contributed by atoms with E-state index in [4.69, 9.17) is 0 Å². The van der Waals surface area contributed by atoms with Crippen molar-refractivity contribution >= 4 is 24.4 Å². The van der Waals surface area contributed by atoms with Crippen molar-refractivity contribution in [2.45, 2.75) is 0 Å². The van der Waals surface area contributed by atoms with Gasteiger partial charge in [-0.05, 0) is 24.4 Å². The molecular weight excluding hydrogens is 170 g/mol. The minimum Gasteiger partial charge on any atom is -0.323 e. The lowest BCUT2D eigenvalue weighted by atomic mass is 11.1. The van der Waals surface area contributed by atoms with Crippen LogP contribution in [-0.4, -0.2) is 15.0 Å². The molecule has 1 rings (SSSR count). The van der Waals surface area contributed by atoms with Gasteiger partial charge in [-0.1, -0.05) is 0 Å². The average Bonchev–Trinajstić information content (AvgIpc) is 1.91. The molecule has 0 saturated carbocycles. The van der Waals surface area contributed by atoms with Gasteiger partial charge >= 0.3 is 0 Å². The van der Waals surface area contributed by atoms with Crippen molar-refractivity contribution in [3.05, 3.63) is 15.9 Å². The Hall–Kier alpha value is -0.630. The molecule has 0 amide bonds. The highest BCUT2D eigenvalue weighted by atomic mass is 32.1. The van der Waals surface area contributed by atoms with Gasteiger partial charge in [0.05, 0.1) is 6.33 Å². The maximum atomic E-state index is 4.68. The number of hydrazine groups is 1. The lowest BCUT2D eigenvalue weighted by molar-refractivity contribution is 1.00. The van der Waals surface area contributed by atoms with Gasteiger partial charge in [-0.15, -0.1) is 0 Å². The lowest BCUT2D eigenvalue weighted by Crippen LogP contribution is -2.02. The van der Waals surface area contributed by atoms with Crippen LogP contribution in [0.5, 0.6) is 0 Å². The van der Waals surface area contributed by atoms with Crippen molar-refractivity contribution < 1.29 is 0 Å². The number of nitrogens with two attached hydrogens (primary N) is 2. The van der Waals surface area contributed by atoms with E-state index in [9.17, 15) is 0 Å². The Morgan fingerprint density at radius 3 is 2.30 bits per heavy atom. The maximum absolute atomic E-state index is 4.68. The minimum absolute atomic E-state index is 0.411. The number of nitrogens with one attached hydrogen (secondary N) is 2. The molecule has 5 nitrogen and oxygen atoms in total. The Balaban J connectivity index is 0.000000371. The van der Waals surface area contributed by atoms with Gasteiger partial charge in [-0.3, -0.25) is 11.7 Å². The molecule has 0 spiro atoms. The fourth-order valence-electron chi connectivity index (χ4n) is 0.315. The van der Waals surface area contributed by atoms with Crippen LogP contribution in [0.25, 0.3) is 0 Å². The third-order valence-corrected chi connectivity index (χ3v) is 1.03. The van der Waals surface area contributed by atoms with Gasteiger partial charge in [0, 0.05) is 0 Å². The molecule has 0 aliphatic carbocycles. The van der Waals surface area contributed by atoms with Crippen molar-refractivity contribution in [2.75, 3.05) is 0 Å². The van der Waals surface area contributed by atoms with Gasteiger partial charge in [0.15, 0.2) is 9.54 Å². The van der Waals surface area contributed by atoms with Crippen molar-refractivity contribution in [3.8, 4) is 0 Å². The Kier molecular flexibility index (Phi) is 4.85. The van der Waals surface area contributed by atoms with Gasteiger partial charge in [-0.25, -0.2) is 4.98 Å². The van der Waals surface area contributed by atoms with E-state index in [0.717, 1.165) is 0 Å². The number of aromatic amines is 2. The summed E-state index contributed by atoms with van der Waals surface area (Å²) in [6.45, 7) is 0. The van der Waals surface area contributed by atoms with Crippen LogP contribution < -0.4 is 11.7 Å². The number of aromatic nitrogens is 3. The Morgan fingerprint density at radius 1 is 1.40 bits per heavy atom. The minimum atomic E-state index is 0.411. The number of hydrogen-bond acceptors (Lipinski definition) is 5. The molecule has 0 aliphatic heterocycles. The van der Waals surface area contributed by atoms with E-state index < -0.39 is 0 Å². The zero-order valence-corrected chi connectivity index (χ0v) is 6.63. The second-order valence-electron chi connectivity index (χ2n) is 1.16. The smallest absolute Gasteiger partial charge is 0.200 e. The predicted octanol–water partition coefficient (Wildman–Crippen LogP) is 0.0156. The SMILES string of the molecule is NN.S=c1nc[nH]c(=S)[nH]1. The van der Waals surface area contributed by atoms with E-state index >= 15 is 0 Å². The summed E-state index contributed by atoms with van der Waals surface area (Å²) in [5.74, 6) is 8.00. The standard InChI is InChI=1S/C3H3N3S2.H4N2/c7-2-4-1-5-3(8)6-2;1-2/h1H,(H2,4,5,6,7,8);1-2H2. The molecule has 1 aromatic heterocycles.